The molecule has 0 radical (unpaired) electrons. The van der Waals surface area contributed by atoms with Crippen LogP contribution in [0.25, 0.3) is 16.7 Å². The number of hydrogen-bond donors (Lipinski definition) is 1. The number of halogens is 1. The summed E-state index contributed by atoms with van der Waals surface area (Å²) < 4.78 is 14.2. The number of anilines is 3. The summed E-state index contributed by atoms with van der Waals surface area (Å²) in [4.78, 5) is 34.5. The number of hydrogen-bond acceptors (Lipinski definition) is 10. The van der Waals surface area contributed by atoms with Crippen LogP contribution in [0.15, 0.2) is 59.7 Å². The summed E-state index contributed by atoms with van der Waals surface area (Å²) in [6.07, 6.45) is 4.54. The minimum atomic E-state index is -0.528. The first-order valence-electron chi connectivity index (χ1n) is 13.5. The number of amides is 1. The molecule has 0 saturated carbocycles. The molecule has 0 spiro atoms. The van der Waals surface area contributed by atoms with Gasteiger partial charge in [0.25, 0.3) is 0 Å². The van der Waals surface area contributed by atoms with E-state index in [0.29, 0.717) is 54.4 Å². The van der Waals surface area contributed by atoms with E-state index in [1.165, 1.54) is 12.7 Å². The molecule has 1 aliphatic rings. The smallest absolute Gasteiger partial charge is 0.410 e. The highest BCUT2D eigenvalue weighted by atomic mass is 79.9. The van der Waals surface area contributed by atoms with Crippen LogP contribution in [0.5, 0.6) is 11.5 Å². The quantitative estimate of drug-likeness (QED) is 0.257. The number of nitrogens with one attached hydrogen (secondary N) is 1. The molecule has 216 valence electrons. The number of pyridine rings is 2. The van der Waals surface area contributed by atoms with Gasteiger partial charge in [0.1, 0.15) is 41.1 Å². The van der Waals surface area contributed by atoms with E-state index >= 15 is 0 Å². The second kappa shape index (κ2) is 11.0. The Hall–Kier alpha value is -4.52. The number of ether oxygens (including phenoxy) is 2. The van der Waals surface area contributed by atoms with Crippen molar-refractivity contribution >= 4 is 56.0 Å². The zero-order valence-electron chi connectivity index (χ0n) is 23.7. The van der Waals surface area contributed by atoms with Crippen LogP contribution in [0.3, 0.4) is 0 Å². The van der Waals surface area contributed by atoms with Crippen LogP contribution < -0.4 is 15.0 Å². The second-order valence-corrected chi connectivity index (χ2v) is 11.8. The van der Waals surface area contributed by atoms with Crippen LogP contribution in [-0.2, 0) is 4.74 Å². The minimum Gasteiger partial charge on any atom is -0.457 e. The summed E-state index contributed by atoms with van der Waals surface area (Å²) >= 11 is 3.67. The lowest BCUT2D eigenvalue weighted by atomic mass is 10.2. The van der Waals surface area contributed by atoms with Gasteiger partial charge >= 0.3 is 6.09 Å². The summed E-state index contributed by atoms with van der Waals surface area (Å²) in [7, 11) is 0. The van der Waals surface area contributed by atoms with Gasteiger partial charge in [0.15, 0.2) is 11.5 Å². The average molecular weight is 633 g/mol. The number of benzene rings is 1. The summed E-state index contributed by atoms with van der Waals surface area (Å²) in [6.45, 7) is 9.92. The summed E-state index contributed by atoms with van der Waals surface area (Å²) in [5, 5.41) is 7.51. The van der Waals surface area contributed by atoms with E-state index in [2.05, 4.69) is 46.2 Å². The van der Waals surface area contributed by atoms with E-state index < -0.39 is 5.60 Å². The predicted molar refractivity (Wildman–Crippen MR) is 163 cm³/mol. The summed E-state index contributed by atoms with van der Waals surface area (Å²) in [6, 6.07) is 11.5. The molecule has 42 heavy (non-hydrogen) atoms. The largest absolute Gasteiger partial charge is 0.457 e. The molecule has 6 rings (SSSR count). The molecule has 5 aromatic rings. The maximum atomic E-state index is 12.5. The van der Waals surface area contributed by atoms with Crippen molar-refractivity contribution in [1.29, 1.82) is 0 Å². The van der Waals surface area contributed by atoms with Gasteiger partial charge in [-0.3, -0.25) is 0 Å². The van der Waals surface area contributed by atoms with Crippen molar-refractivity contribution in [2.45, 2.75) is 33.3 Å². The molecule has 4 aromatic heterocycles. The fourth-order valence-corrected chi connectivity index (χ4v) is 5.21. The third kappa shape index (κ3) is 5.91. The molecule has 1 amide bonds. The molecule has 1 saturated heterocycles. The molecule has 0 atom stereocenters. The molecule has 0 unspecified atom stereocenters. The molecule has 13 heteroatoms. The van der Waals surface area contributed by atoms with Gasteiger partial charge in [0.2, 0.25) is 0 Å². The molecule has 0 aliphatic carbocycles. The number of piperazine rings is 1. The SMILES string of the molecule is Cc1cc(Nc2ncnc3cc(Br)c(N4CCN(C(=O)OC(C)(C)C)CC4)nc23)ccc1Oc1ccn2ncnc2c1. The zero-order chi connectivity index (χ0) is 29.4. The fourth-order valence-electron chi connectivity index (χ4n) is 4.66. The third-order valence-electron chi connectivity index (χ3n) is 6.69. The molecule has 1 aliphatic heterocycles. The van der Waals surface area contributed by atoms with Crippen molar-refractivity contribution in [3.63, 3.8) is 0 Å². The monoisotopic (exact) mass is 631 g/mol. The van der Waals surface area contributed by atoms with E-state index in [0.717, 1.165) is 27.3 Å². The van der Waals surface area contributed by atoms with Crippen LogP contribution in [0.4, 0.5) is 22.1 Å². The molecule has 12 nitrogen and oxygen atoms in total. The Labute approximate surface area is 250 Å². The first kappa shape index (κ1) is 27.6. The van der Waals surface area contributed by atoms with Crippen molar-refractivity contribution in [2.75, 3.05) is 36.4 Å². The molecular weight excluding hydrogens is 602 g/mol. The Morgan fingerprint density at radius 1 is 1.00 bits per heavy atom. The Morgan fingerprint density at radius 2 is 1.81 bits per heavy atom. The summed E-state index contributed by atoms with van der Waals surface area (Å²) in [5.74, 6) is 2.77. The Morgan fingerprint density at radius 3 is 2.57 bits per heavy atom. The predicted octanol–water partition coefficient (Wildman–Crippen LogP) is 5.73. The molecule has 0 bridgehead atoms. The molecule has 1 aromatic carbocycles. The topological polar surface area (TPSA) is 123 Å². The van der Waals surface area contributed by atoms with E-state index in [9.17, 15) is 4.79 Å². The lowest BCUT2D eigenvalue weighted by molar-refractivity contribution is 0.0240. The molecular formula is C29H30BrN9O3. The number of carbonyl (C=O) groups is 1. The van der Waals surface area contributed by atoms with Gasteiger partial charge in [-0.15, -0.1) is 0 Å². The first-order chi connectivity index (χ1) is 20.1. The highest BCUT2D eigenvalue weighted by Gasteiger charge is 2.27. The van der Waals surface area contributed by atoms with Gasteiger partial charge in [0, 0.05) is 44.1 Å². The Kier molecular flexibility index (Phi) is 7.27. The number of aryl methyl sites for hydroxylation is 1. The maximum absolute atomic E-state index is 12.5. The van der Waals surface area contributed by atoms with Crippen molar-refractivity contribution in [1.82, 2.24) is 34.4 Å². The third-order valence-corrected chi connectivity index (χ3v) is 7.28. The van der Waals surface area contributed by atoms with Gasteiger partial charge in [-0.2, -0.15) is 5.10 Å². The fraction of sp³-hybridized carbons (Fsp3) is 0.310. The van der Waals surface area contributed by atoms with Crippen molar-refractivity contribution in [3.8, 4) is 11.5 Å². The summed E-state index contributed by atoms with van der Waals surface area (Å²) in [5.41, 5.74) is 3.31. The first-order valence-corrected chi connectivity index (χ1v) is 14.3. The number of fused-ring (bicyclic) bond motifs is 2. The van der Waals surface area contributed by atoms with Crippen LogP contribution in [-0.4, -0.2) is 72.3 Å². The minimum absolute atomic E-state index is 0.296. The van der Waals surface area contributed by atoms with Gasteiger partial charge in [0.05, 0.1) is 9.99 Å². The lowest BCUT2D eigenvalue weighted by Crippen LogP contribution is -2.50. The Bertz CT molecular complexity index is 1780. The molecule has 5 heterocycles. The van der Waals surface area contributed by atoms with E-state index in [1.807, 2.05) is 70.3 Å². The van der Waals surface area contributed by atoms with E-state index in [1.54, 1.807) is 9.42 Å². The maximum Gasteiger partial charge on any atom is 0.410 e. The highest BCUT2D eigenvalue weighted by Crippen LogP contribution is 2.33. The number of rotatable bonds is 5. The van der Waals surface area contributed by atoms with E-state index in [-0.39, 0.29) is 6.09 Å². The van der Waals surface area contributed by atoms with Gasteiger partial charge < -0.3 is 24.6 Å². The van der Waals surface area contributed by atoms with Crippen molar-refractivity contribution in [2.24, 2.45) is 0 Å². The number of aromatic nitrogens is 6. The number of carbonyl (C=O) groups excluding carboxylic acids is 1. The van der Waals surface area contributed by atoms with Crippen LogP contribution >= 0.6 is 15.9 Å². The normalized spacial score (nSPS) is 13.9. The van der Waals surface area contributed by atoms with Crippen LogP contribution in [0.2, 0.25) is 0 Å². The average Bonchev–Trinajstić information content (AvgIpc) is 3.42. The van der Waals surface area contributed by atoms with Crippen molar-refractivity contribution < 1.29 is 14.3 Å². The van der Waals surface area contributed by atoms with Gasteiger partial charge in [-0.25, -0.2) is 29.2 Å². The highest BCUT2D eigenvalue weighted by molar-refractivity contribution is 9.10. The molecule has 1 fully saturated rings. The van der Waals surface area contributed by atoms with Gasteiger partial charge in [-0.1, -0.05) is 0 Å². The lowest BCUT2D eigenvalue weighted by Gasteiger charge is -2.36. The van der Waals surface area contributed by atoms with Crippen molar-refractivity contribution in [3.05, 3.63) is 65.3 Å². The van der Waals surface area contributed by atoms with E-state index in [4.69, 9.17) is 14.5 Å². The number of nitrogens with zero attached hydrogens (tertiary/aromatic N) is 8. The zero-order valence-corrected chi connectivity index (χ0v) is 25.3. The standard InChI is InChI=1S/C29H30BrN9O3/c1-18-13-19(5-6-23(18)41-20-7-8-39-24(14-20)32-17-34-39)35-26-25-22(31-16-33-26)15-21(30)27(36-25)37-9-11-38(12-10-37)28(40)42-29(2,3)4/h5-8,13-17H,9-12H2,1-4H3,(H,31,33,35). The Balaban J connectivity index is 1.19. The molecule has 1 N–H and O–H groups in total. The van der Waals surface area contributed by atoms with Crippen LogP contribution in [0, 0.1) is 6.92 Å². The van der Waals surface area contributed by atoms with Gasteiger partial charge in [-0.05, 0) is 79.5 Å². The second-order valence-electron chi connectivity index (χ2n) is 11.0. The van der Waals surface area contributed by atoms with Crippen LogP contribution in [0.1, 0.15) is 26.3 Å².